The number of rotatable bonds is 5. The average molecular weight is 280 g/mol. The maximum Gasteiger partial charge on any atom is 0.329 e. The molecule has 0 amide bonds. The highest BCUT2D eigenvalue weighted by atomic mass is 79.9. The number of hydrogen-bond acceptors (Lipinski definition) is 4. The number of nitrogens with two attached hydrogens (primary N) is 1. The summed E-state index contributed by atoms with van der Waals surface area (Å²) in [5.41, 5.74) is 5.79. The van der Waals surface area contributed by atoms with Gasteiger partial charge in [-0.25, -0.2) is 4.79 Å². The second-order valence-electron chi connectivity index (χ2n) is 2.65. The average Bonchev–Trinajstić information content (AvgIpc) is 2.50. The van der Waals surface area contributed by atoms with Crippen molar-refractivity contribution < 1.29 is 14.6 Å². The van der Waals surface area contributed by atoms with Gasteiger partial charge in [0.1, 0.15) is 6.61 Å². The van der Waals surface area contributed by atoms with E-state index in [0.717, 1.165) is 9.35 Å². The maximum atomic E-state index is 10.2. The number of aliphatic carboxylic acids is 1. The van der Waals surface area contributed by atoms with Crippen molar-refractivity contribution in [2.24, 2.45) is 5.73 Å². The highest BCUT2D eigenvalue weighted by Crippen LogP contribution is 2.27. The van der Waals surface area contributed by atoms with E-state index in [9.17, 15) is 4.79 Å². The highest BCUT2D eigenvalue weighted by Gasteiger charge is 2.11. The molecule has 0 bridgehead atoms. The zero-order valence-electron chi connectivity index (χ0n) is 7.27. The molecule has 0 aliphatic rings. The van der Waals surface area contributed by atoms with Crippen molar-refractivity contribution in [1.82, 2.24) is 0 Å². The molecule has 0 saturated heterocycles. The molecule has 6 heteroatoms. The van der Waals surface area contributed by atoms with Crippen LogP contribution in [-0.4, -0.2) is 24.3 Å². The fourth-order valence-corrected chi connectivity index (χ4v) is 2.57. The van der Waals surface area contributed by atoms with Crippen LogP contribution in [0.4, 0.5) is 0 Å². The minimum absolute atomic E-state index is 0.214. The molecule has 4 nitrogen and oxygen atoms in total. The lowest BCUT2D eigenvalue weighted by Gasteiger charge is -2.09. The molecule has 0 radical (unpaired) electrons. The number of ether oxygens (including phenoxy) is 1. The molecule has 78 valence electrons. The first-order valence-electron chi connectivity index (χ1n) is 3.89. The topological polar surface area (TPSA) is 72.5 Å². The van der Waals surface area contributed by atoms with Gasteiger partial charge in [0.05, 0.1) is 12.6 Å². The van der Waals surface area contributed by atoms with Gasteiger partial charge < -0.3 is 15.6 Å². The maximum absolute atomic E-state index is 10.2. The van der Waals surface area contributed by atoms with E-state index < -0.39 is 5.97 Å². The van der Waals surface area contributed by atoms with Gasteiger partial charge in [-0.05, 0) is 27.4 Å². The molecule has 1 atom stereocenters. The molecule has 0 spiro atoms. The van der Waals surface area contributed by atoms with Crippen LogP contribution in [0.5, 0.6) is 0 Å². The zero-order chi connectivity index (χ0) is 10.6. The molecule has 0 saturated carbocycles. The van der Waals surface area contributed by atoms with Crippen LogP contribution in [0.3, 0.4) is 0 Å². The van der Waals surface area contributed by atoms with E-state index in [2.05, 4.69) is 15.9 Å². The summed E-state index contributed by atoms with van der Waals surface area (Å²) >= 11 is 4.86. The number of hydrogen-bond donors (Lipinski definition) is 2. The summed E-state index contributed by atoms with van der Waals surface area (Å²) in [4.78, 5) is 11.1. The predicted molar refractivity (Wildman–Crippen MR) is 57.4 cm³/mol. The smallest absolute Gasteiger partial charge is 0.329 e. The Bertz CT molecular complexity index is 315. The van der Waals surface area contributed by atoms with Crippen molar-refractivity contribution in [3.05, 3.63) is 20.8 Å². The molecule has 0 aromatic carbocycles. The predicted octanol–water partition coefficient (Wildman–Crippen LogP) is 1.61. The molecule has 1 heterocycles. The largest absolute Gasteiger partial charge is 0.480 e. The molecular formula is C8H10BrNO3S. The van der Waals surface area contributed by atoms with Gasteiger partial charge in [0.15, 0.2) is 0 Å². The summed E-state index contributed by atoms with van der Waals surface area (Å²) < 4.78 is 5.84. The molecular weight excluding hydrogens is 270 g/mol. The molecule has 3 N–H and O–H groups in total. The summed E-state index contributed by atoms with van der Waals surface area (Å²) in [5.74, 6) is -0.984. The minimum Gasteiger partial charge on any atom is -0.480 e. The quantitative estimate of drug-likeness (QED) is 0.859. The Balaban J connectivity index is 2.39. The Hall–Kier alpha value is -0.430. The van der Waals surface area contributed by atoms with Crippen LogP contribution in [0.15, 0.2) is 15.9 Å². The van der Waals surface area contributed by atoms with Crippen LogP contribution >= 0.6 is 27.3 Å². The summed E-state index contributed by atoms with van der Waals surface area (Å²) in [6, 6.07) is 1.63. The van der Waals surface area contributed by atoms with E-state index in [4.69, 9.17) is 15.6 Å². The summed E-state index contributed by atoms with van der Waals surface area (Å²) in [5, 5.41) is 10.3. The van der Waals surface area contributed by atoms with Crippen molar-refractivity contribution in [1.29, 1.82) is 0 Å². The third-order valence-electron chi connectivity index (χ3n) is 1.50. The number of thiophene rings is 1. The van der Waals surface area contributed by atoms with Crippen LogP contribution in [-0.2, 0) is 9.53 Å². The van der Waals surface area contributed by atoms with E-state index in [1.54, 1.807) is 0 Å². The Labute approximate surface area is 93.8 Å². The fourth-order valence-electron chi connectivity index (χ4n) is 0.919. The number of carboxylic acids is 1. The zero-order valence-corrected chi connectivity index (χ0v) is 9.68. The molecule has 0 fully saturated rings. The Morgan fingerprint density at radius 3 is 3.00 bits per heavy atom. The van der Waals surface area contributed by atoms with Crippen molar-refractivity contribution in [3.63, 3.8) is 0 Å². The van der Waals surface area contributed by atoms with Crippen LogP contribution in [0, 0.1) is 0 Å². The first-order chi connectivity index (χ1) is 6.61. The van der Waals surface area contributed by atoms with Gasteiger partial charge in [-0.2, -0.15) is 0 Å². The Morgan fingerprint density at radius 2 is 2.50 bits per heavy atom. The lowest BCUT2D eigenvalue weighted by molar-refractivity contribution is -0.142. The van der Waals surface area contributed by atoms with E-state index in [0.29, 0.717) is 0 Å². The second kappa shape index (κ2) is 5.45. The summed E-state index contributed by atoms with van der Waals surface area (Å²) in [6.07, 6.45) is 0. The molecule has 1 rings (SSSR count). The highest BCUT2D eigenvalue weighted by molar-refractivity contribution is 9.10. The Kier molecular flexibility index (Phi) is 4.53. The van der Waals surface area contributed by atoms with Gasteiger partial charge in [-0.3, -0.25) is 0 Å². The van der Waals surface area contributed by atoms with E-state index in [1.165, 1.54) is 11.3 Å². The first kappa shape index (κ1) is 11.6. The van der Waals surface area contributed by atoms with Crippen LogP contribution in [0.1, 0.15) is 10.9 Å². The van der Waals surface area contributed by atoms with Crippen molar-refractivity contribution in [2.75, 3.05) is 13.2 Å². The molecule has 14 heavy (non-hydrogen) atoms. The van der Waals surface area contributed by atoms with Gasteiger partial charge >= 0.3 is 5.97 Å². The van der Waals surface area contributed by atoms with E-state index in [1.807, 2.05) is 11.4 Å². The molecule has 1 aromatic heterocycles. The molecule has 0 aliphatic carbocycles. The van der Waals surface area contributed by atoms with Crippen LogP contribution in [0.25, 0.3) is 0 Å². The lowest BCUT2D eigenvalue weighted by atomic mass is 10.3. The summed E-state index contributed by atoms with van der Waals surface area (Å²) in [6.45, 7) is -0.0951. The van der Waals surface area contributed by atoms with Gasteiger partial charge in [-0.1, -0.05) is 0 Å². The van der Waals surface area contributed by atoms with Crippen LogP contribution in [0.2, 0.25) is 0 Å². The van der Waals surface area contributed by atoms with Gasteiger partial charge in [0.25, 0.3) is 0 Å². The lowest BCUT2D eigenvalue weighted by Crippen LogP contribution is -2.19. The van der Waals surface area contributed by atoms with Crippen molar-refractivity contribution >= 4 is 33.2 Å². The van der Waals surface area contributed by atoms with Crippen molar-refractivity contribution in [3.8, 4) is 0 Å². The Morgan fingerprint density at radius 1 is 1.79 bits per heavy atom. The monoisotopic (exact) mass is 279 g/mol. The van der Waals surface area contributed by atoms with Crippen molar-refractivity contribution in [2.45, 2.75) is 6.04 Å². The standard InChI is InChI=1S/C8H10BrNO3S/c9-5-1-2-14-8(5)6(10)3-13-4-7(11)12/h1-2,6H,3-4,10H2,(H,11,12). The number of halogens is 1. The SMILES string of the molecule is NC(COCC(=O)O)c1sccc1Br. The van der Waals surface area contributed by atoms with Gasteiger partial charge in [0.2, 0.25) is 0 Å². The fraction of sp³-hybridized carbons (Fsp3) is 0.375. The van der Waals surface area contributed by atoms with Crippen LogP contribution < -0.4 is 5.73 Å². The van der Waals surface area contributed by atoms with Gasteiger partial charge in [-0.15, -0.1) is 11.3 Å². The molecule has 0 aliphatic heterocycles. The van der Waals surface area contributed by atoms with Gasteiger partial charge in [0, 0.05) is 9.35 Å². The molecule has 1 aromatic rings. The minimum atomic E-state index is -0.984. The third-order valence-corrected chi connectivity index (χ3v) is 3.51. The summed E-state index contributed by atoms with van der Waals surface area (Å²) in [7, 11) is 0. The van der Waals surface area contributed by atoms with E-state index in [-0.39, 0.29) is 19.3 Å². The normalized spacial score (nSPS) is 12.7. The second-order valence-corrected chi connectivity index (χ2v) is 4.45. The third kappa shape index (κ3) is 3.38. The number of carbonyl (C=O) groups is 1. The first-order valence-corrected chi connectivity index (χ1v) is 5.56. The molecule has 1 unspecified atom stereocenters. The number of carboxylic acid groups (broad SMARTS) is 1. The van der Waals surface area contributed by atoms with E-state index >= 15 is 0 Å².